The third kappa shape index (κ3) is 4.06. The highest BCUT2D eigenvalue weighted by atomic mass is 35.5. The van der Waals surface area contributed by atoms with Crippen LogP contribution in [0.1, 0.15) is 23.0 Å². The number of hydrogen-bond donors (Lipinski definition) is 1. The second-order valence-electron chi connectivity index (χ2n) is 9.91. The Morgan fingerprint density at radius 1 is 1.00 bits per heavy atom. The lowest BCUT2D eigenvalue weighted by atomic mass is 9.77. The number of methoxy groups -OCH3 is 2. The van der Waals surface area contributed by atoms with Crippen molar-refractivity contribution in [1.29, 1.82) is 0 Å². The van der Waals surface area contributed by atoms with Crippen LogP contribution in [0.25, 0.3) is 21.8 Å². The van der Waals surface area contributed by atoms with Gasteiger partial charge in [0, 0.05) is 27.5 Å². The number of rotatable bonds is 6. The molecule has 0 radical (unpaired) electrons. The van der Waals surface area contributed by atoms with Gasteiger partial charge in [-0.05, 0) is 55.5 Å². The first-order valence-corrected chi connectivity index (χ1v) is 12.8. The molecule has 3 heterocycles. The summed E-state index contributed by atoms with van der Waals surface area (Å²) in [4.78, 5) is 46.6. The quantitative estimate of drug-likeness (QED) is 0.123. The van der Waals surface area contributed by atoms with Crippen LogP contribution in [0.2, 0.25) is 0 Å². The predicted octanol–water partition coefficient (Wildman–Crippen LogP) is 5.33. The number of fused-ring (bicyclic) bond motifs is 4. The number of nitrogens with zero attached hydrogens (tertiary/aromatic N) is 3. The molecular weight excluding hydrogens is 563 g/mol. The highest BCUT2D eigenvalue weighted by Gasteiger charge is 2.55. The highest BCUT2D eigenvalue weighted by molar-refractivity contribution is 6.29. The van der Waals surface area contributed by atoms with Crippen LogP contribution in [0.3, 0.4) is 0 Å². The van der Waals surface area contributed by atoms with Crippen molar-refractivity contribution < 1.29 is 28.2 Å². The second kappa shape index (κ2) is 10.5. The largest absolute Gasteiger partial charge is 0.495 e. The SMILES string of the molecule is COC(=O)Cn1c2ccccc2c2cc(C(=O)[C@@]3(C)C(=O)N(c4ccc(F)cc4)c4ccc(OC)c(N)c43)ncc21.Cl. The third-order valence-electron chi connectivity index (χ3n) is 7.72. The number of ether oxygens (including phenoxy) is 2. The van der Waals surface area contributed by atoms with Crippen molar-refractivity contribution in [2.45, 2.75) is 18.9 Å². The fraction of sp³-hybridized carbons (Fsp3) is 0.161. The molecule has 6 rings (SSSR count). The summed E-state index contributed by atoms with van der Waals surface area (Å²) < 4.78 is 25.8. The lowest BCUT2D eigenvalue weighted by molar-refractivity contribution is -0.141. The molecule has 214 valence electrons. The Morgan fingerprint density at radius 3 is 2.40 bits per heavy atom. The van der Waals surface area contributed by atoms with E-state index < -0.39 is 28.9 Å². The summed E-state index contributed by atoms with van der Waals surface area (Å²) >= 11 is 0. The van der Waals surface area contributed by atoms with Crippen LogP contribution in [-0.4, -0.2) is 41.4 Å². The normalized spacial score (nSPS) is 15.9. The fourth-order valence-corrected chi connectivity index (χ4v) is 5.67. The minimum absolute atomic E-state index is 0. The first-order valence-electron chi connectivity index (χ1n) is 12.8. The van der Waals surface area contributed by atoms with Crippen molar-refractivity contribution in [1.82, 2.24) is 9.55 Å². The topological polar surface area (TPSA) is 117 Å². The van der Waals surface area contributed by atoms with E-state index in [9.17, 15) is 18.8 Å². The molecule has 0 unspecified atom stereocenters. The predicted molar refractivity (Wildman–Crippen MR) is 159 cm³/mol. The minimum Gasteiger partial charge on any atom is -0.495 e. The smallest absolute Gasteiger partial charge is 0.325 e. The summed E-state index contributed by atoms with van der Waals surface area (Å²) in [5.41, 5.74) is 7.39. The van der Waals surface area contributed by atoms with Gasteiger partial charge >= 0.3 is 5.97 Å². The Kier molecular flexibility index (Phi) is 7.11. The molecule has 3 aromatic carbocycles. The average Bonchev–Trinajstić information content (AvgIpc) is 3.42. The van der Waals surface area contributed by atoms with Crippen LogP contribution in [0, 0.1) is 5.82 Å². The van der Waals surface area contributed by atoms with Crippen molar-refractivity contribution >= 4 is 68.9 Å². The molecule has 1 aliphatic rings. The maximum absolute atomic E-state index is 14.4. The number of Topliss-reactive ketones (excluding diaryl/α,β-unsaturated/α-hetero) is 1. The number of hydrogen-bond acceptors (Lipinski definition) is 7. The van der Waals surface area contributed by atoms with Gasteiger partial charge in [-0.3, -0.25) is 24.3 Å². The zero-order valence-electron chi connectivity index (χ0n) is 22.9. The van der Waals surface area contributed by atoms with Gasteiger partial charge in [0.1, 0.15) is 29.2 Å². The molecule has 1 amide bonds. The maximum atomic E-state index is 14.4. The van der Waals surface area contributed by atoms with E-state index in [0.717, 1.165) is 10.9 Å². The molecule has 9 nitrogen and oxygen atoms in total. The van der Waals surface area contributed by atoms with Crippen molar-refractivity contribution in [2.24, 2.45) is 0 Å². The lowest BCUT2D eigenvalue weighted by Crippen LogP contribution is -2.43. The molecule has 11 heteroatoms. The van der Waals surface area contributed by atoms with E-state index in [0.29, 0.717) is 28.0 Å². The van der Waals surface area contributed by atoms with Gasteiger partial charge in [-0.25, -0.2) is 4.39 Å². The van der Waals surface area contributed by atoms with Crippen LogP contribution in [0.15, 0.2) is 72.9 Å². The van der Waals surface area contributed by atoms with Gasteiger partial charge in [-0.2, -0.15) is 0 Å². The van der Waals surface area contributed by atoms with Crippen molar-refractivity contribution in [2.75, 3.05) is 24.9 Å². The Bertz CT molecular complexity index is 1910. The van der Waals surface area contributed by atoms with Crippen molar-refractivity contribution in [3.8, 4) is 5.75 Å². The monoisotopic (exact) mass is 588 g/mol. The highest BCUT2D eigenvalue weighted by Crippen LogP contribution is 2.52. The van der Waals surface area contributed by atoms with Crippen molar-refractivity contribution in [3.63, 3.8) is 0 Å². The van der Waals surface area contributed by atoms with E-state index in [4.69, 9.17) is 15.2 Å². The Labute approximate surface area is 246 Å². The van der Waals surface area contributed by atoms with Crippen LogP contribution < -0.4 is 15.4 Å². The molecule has 42 heavy (non-hydrogen) atoms. The van der Waals surface area contributed by atoms with E-state index in [2.05, 4.69) is 4.98 Å². The minimum atomic E-state index is -1.77. The zero-order valence-corrected chi connectivity index (χ0v) is 23.7. The van der Waals surface area contributed by atoms with Gasteiger partial charge in [0.25, 0.3) is 0 Å². The lowest BCUT2D eigenvalue weighted by Gasteiger charge is -2.24. The number of nitrogens with two attached hydrogens (primary N) is 1. The van der Waals surface area contributed by atoms with E-state index >= 15 is 0 Å². The summed E-state index contributed by atoms with van der Waals surface area (Å²) in [6.45, 7) is 1.48. The Morgan fingerprint density at radius 2 is 1.71 bits per heavy atom. The molecule has 0 saturated heterocycles. The Hall–Kier alpha value is -4.96. The summed E-state index contributed by atoms with van der Waals surface area (Å²) in [5, 5.41) is 1.49. The van der Waals surface area contributed by atoms with Crippen LogP contribution in [0.5, 0.6) is 5.75 Å². The number of carbonyl (C=O) groups is 3. The number of ketones is 1. The third-order valence-corrected chi connectivity index (χ3v) is 7.72. The summed E-state index contributed by atoms with van der Waals surface area (Å²) in [7, 11) is 2.77. The number of para-hydroxylation sites is 1. The van der Waals surface area contributed by atoms with Crippen LogP contribution >= 0.6 is 12.4 Å². The Balaban J connectivity index is 0.00000353. The van der Waals surface area contributed by atoms with E-state index in [1.165, 1.54) is 56.5 Å². The molecule has 0 bridgehead atoms. The number of nitrogen functional groups attached to an aromatic ring is 1. The molecule has 5 aromatic rings. The standard InChI is InChI=1S/C31H25FN4O5.ClH/c1-31(27-23(12-13-25(40-2)28(27)33)36(30(31)39)18-10-8-17(32)9-11-18)29(38)21-14-20-19-6-4-5-7-22(19)35(16-26(37)41-3)24(20)15-34-21;/h4-15H,16,33H2,1-3H3;1H/t31-;/m0./s1. The van der Waals surface area contributed by atoms with Gasteiger partial charge in [0.2, 0.25) is 11.7 Å². The van der Waals surface area contributed by atoms with E-state index in [1.54, 1.807) is 22.8 Å². The number of esters is 1. The molecule has 1 atom stereocenters. The molecule has 1 aliphatic heterocycles. The van der Waals surface area contributed by atoms with Gasteiger partial charge in [-0.1, -0.05) is 18.2 Å². The number of amides is 1. The summed E-state index contributed by atoms with van der Waals surface area (Å²) in [5.74, 6) is -1.71. The molecule has 2 aromatic heterocycles. The maximum Gasteiger partial charge on any atom is 0.325 e. The summed E-state index contributed by atoms with van der Waals surface area (Å²) in [6.07, 6.45) is 1.52. The molecule has 0 fully saturated rings. The van der Waals surface area contributed by atoms with Gasteiger partial charge in [0.05, 0.1) is 37.3 Å². The van der Waals surface area contributed by atoms with Gasteiger partial charge < -0.3 is 19.8 Å². The number of pyridine rings is 1. The summed E-state index contributed by atoms with van der Waals surface area (Å²) in [6, 6.07) is 17.8. The van der Waals surface area contributed by atoms with E-state index in [-0.39, 0.29) is 35.9 Å². The molecule has 0 aliphatic carbocycles. The number of benzene rings is 3. The molecule has 0 spiro atoms. The number of anilines is 3. The molecule has 0 saturated carbocycles. The van der Waals surface area contributed by atoms with Crippen LogP contribution in [-0.2, 0) is 26.3 Å². The first kappa shape index (κ1) is 28.6. The first-order chi connectivity index (χ1) is 19.7. The fourth-order valence-electron chi connectivity index (χ4n) is 5.67. The van der Waals surface area contributed by atoms with E-state index in [1.807, 2.05) is 24.3 Å². The van der Waals surface area contributed by atoms with Crippen LogP contribution in [0.4, 0.5) is 21.5 Å². The zero-order chi connectivity index (χ0) is 29.1. The van der Waals surface area contributed by atoms with Gasteiger partial charge in [0.15, 0.2) is 0 Å². The molecular formula is C31H26ClFN4O5. The molecule has 2 N–H and O–H groups in total. The van der Waals surface area contributed by atoms with Gasteiger partial charge in [-0.15, -0.1) is 12.4 Å². The number of carbonyl (C=O) groups excluding carboxylic acids is 3. The average molecular weight is 589 g/mol. The second-order valence-corrected chi connectivity index (χ2v) is 9.91. The number of aromatic nitrogens is 2. The number of halogens is 2. The van der Waals surface area contributed by atoms with Crippen molar-refractivity contribution in [3.05, 3.63) is 90.0 Å².